The molecule has 2 aromatic carbocycles. The van der Waals surface area contributed by atoms with E-state index in [4.69, 9.17) is 0 Å². The van der Waals surface area contributed by atoms with Crippen molar-refractivity contribution in [2.24, 2.45) is 5.41 Å². The van der Waals surface area contributed by atoms with Gasteiger partial charge in [0.15, 0.2) is 0 Å². The quantitative estimate of drug-likeness (QED) is 0.805. The van der Waals surface area contributed by atoms with Crippen molar-refractivity contribution in [1.29, 1.82) is 0 Å². The van der Waals surface area contributed by atoms with Crippen LogP contribution in [0.15, 0.2) is 60.7 Å². The summed E-state index contributed by atoms with van der Waals surface area (Å²) in [6.45, 7) is 2.00. The fourth-order valence-electron chi connectivity index (χ4n) is 6.11. The Morgan fingerprint density at radius 3 is 2.19 bits per heavy atom. The monoisotopic (exact) mass is 418 g/mol. The Hall–Kier alpha value is -2.66. The van der Waals surface area contributed by atoms with Crippen LogP contribution in [0.3, 0.4) is 0 Å². The van der Waals surface area contributed by atoms with Gasteiger partial charge >= 0.3 is 0 Å². The fraction of sp³-hybridized carbons (Fsp3) is 0.462. The Morgan fingerprint density at radius 2 is 1.58 bits per heavy atom. The van der Waals surface area contributed by atoms with Crippen LogP contribution in [0.2, 0.25) is 0 Å². The Labute approximate surface area is 183 Å². The normalized spacial score (nSPS) is 29.8. The van der Waals surface area contributed by atoms with Crippen LogP contribution >= 0.6 is 0 Å². The summed E-state index contributed by atoms with van der Waals surface area (Å²) in [5, 5.41) is 13.1. The van der Waals surface area contributed by atoms with Gasteiger partial charge in [-0.25, -0.2) is 0 Å². The number of hydrogen-bond acceptors (Lipinski definition) is 3. The number of nitrogens with zero attached hydrogens (tertiary/aromatic N) is 1. The number of carbonyl (C=O) groups excluding carboxylic acids is 2. The lowest BCUT2D eigenvalue weighted by Crippen LogP contribution is -2.59. The van der Waals surface area contributed by atoms with Crippen molar-refractivity contribution < 1.29 is 14.7 Å². The van der Waals surface area contributed by atoms with Crippen molar-refractivity contribution >= 4 is 11.8 Å². The number of hydrogen-bond donors (Lipinski definition) is 2. The van der Waals surface area contributed by atoms with Crippen molar-refractivity contribution in [1.82, 2.24) is 10.2 Å². The van der Waals surface area contributed by atoms with Gasteiger partial charge in [0, 0.05) is 32.0 Å². The van der Waals surface area contributed by atoms with E-state index < -0.39 is 11.5 Å². The summed E-state index contributed by atoms with van der Waals surface area (Å²) in [7, 11) is 0. The molecule has 2 aliphatic heterocycles. The molecule has 162 valence electrons. The largest absolute Gasteiger partial charge is 0.393 e. The molecule has 2 saturated heterocycles. The number of amides is 2. The van der Waals surface area contributed by atoms with Crippen LogP contribution in [0, 0.1) is 5.41 Å². The predicted octanol–water partition coefficient (Wildman–Crippen LogP) is 2.99. The number of nitrogens with one attached hydrogen (secondary N) is 1. The fourth-order valence-corrected chi connectivity index (χ4v) is 6.11. The highest BCUT2D eigenvalue weighted by molar-refractivity contribution is 5.90. The molecule has 2 amide bonds. The maximum Gasteiger partial charge on any atom is 0.233 e. The lowest BCUT2D eigenvalue weighted by molar-refractivity contribution is -0.149. The molecule has 5 heteroatoms. The van der Waals surface area contributed by atoms with E-state index in [0.717, 1.165) is 18.4 Å². The first-order valence-corrected chi connectivity index (χ1v) is 11.4. The van der Waals surface area contributed by atoms with Crippen LogP contribution in [0.25, 0.3) is 0 Å². The van der Waals surface area contributed by atoms with Crippen molar-refractivity contribution in [2.75, 3.05) is 19.6 Å². The van der Waals surface area contributed by atoms with Gasteiger partial charge in [-0.1, -0.05) is 60.7 Å². The molecule has 2 aromatic rings. The third kappa shape index (κ3) is 3.45. The van der Waals surface area contributed by atoms with Gasteiger partial charge in [0.1, 0.15) is 0 Å². The van der Waals surface area contributed by atoms with E-state index in [1.165, 1.54) is 5.56 Å². The summed E-state index contributed by atoms with van der Waals surface area (Å²) in [5.74, 6) is 0.530. The lowest BCUT2D eigenvalue weighted by atomic mass is 9.60. The zero-order valence-corrected chi connectivity index (χ0v) is 17.8. The highest BCUT2D eigenvalue weighted by Gasteiger charge is 2.54. The maximum absolute atomic E-state index is 13.7. The third-order valence-corrected chi connectivity index (χ3v) is 7.91. The molecule has 2 N–H and O–H groups in total. The molecule has 1 aliphatic carbocycles. The second-order valence-electron chi connectivity index (χ2n) is 9.61. The summed E-state index contributed by atoms with van der Waals surface area (Å²) in [6.07, 6.45) is 2.76. The van der Waals surface area contributed by atoms with Gasteiger partial charge in [0.05, 0.1) is 11.5 Å². The lowest BCUT2D eigenvalue weighted by Gasteiger charge is -2.52. The molecule has 3 aliphatic rings. The van der Waals surface area contributed by atoms with Crippen LogP contribution < -0.4 is 5.32 Å². The topological polar surface area (TPSA) is 69.6 Å². The Balaban J connectivity index is 1.36. The van der Waals surface area contributed by atoms with E-state index in [-0.39, 0.29) is 23.1 Å². The molecule has 31 heavy (non-hydrogen) atoms. The number of benzene rings is 2. The Kier molecular flexibility index (Phi) is 5.09. The maximum atomic E-state index is 13.7. The SMILES string of the molecule is O=C1CC2(CCN(C(=O)C3(c4ccccc4)CC(O)C3)CC2)[C@H](c2ccccc2)CN1. The first kappa shape index (κ1) is 20.3. The van der Waals surface area contributed by atoms with E-state index in [2.05, 4.69) is 29.6 Å². The highest BCUT2D eigenvalue weighted by atomic mass is 16.3. The first-order chi connectivity index (χ1) is 15.0. The van der Waals surface area contributed by atoms with Gasteiger partial charge < -0.3 is 15.3 Å². The number of carbonyl (C=O) groups is 2. The molecule has 1 spiro atoms. The standard InChI is InChI=1S/C26H30N2O3/c29-21-15-26(16-21,20-9-5-2-6-10-20)24(31)28-13-11-25(12-14-28)17-23(30)27-18-22(25)19-7-3-1-4-8-19/h1-10,21-22,29H,11-18H2,(H,27,30)/t21?,22-,26?/m0/s1. The van der Waals surface area contributed by atoms with E-state index >= 15 is 0 Å². The zero-order chi connectivity index (χ0) is 21.5. The summed E-state index contributed by atoms with van der Waals surface area (Å²) < 4.78 is 0. The van der Waals surface area contributed by atoms with Crippen molar-refractivity contribution in [3.05, 3.63) is 71.8 Å². The average Bonchev–Trinajstić information content (AvgIpc) is 2.78. The highest BCUT2D eigenvalue weighted by Crippen LogP contribution is 2.51. The summed E-state index contributed by atoms with van der Waals surface area (Å²) in [5.41, 5.74) is 1.57. The Morgan fingerprint density at radius 1 is 0.968 bits per heavy atom. The zero-order valence-electron chi connectivity index (χ0n) is 17.8. The predicted molar refractivity (Wildman–Crippen MR) is 118 cm³/mol. The molecule has 1 atom stereocenters. The smallest absolute Gasteiger partial charge is 0.233 e. The van der Waals surface area contributed by atoms with E-state index in [0.29, 0.717) is 38.9 Å². The molecule has 0 aromatic heterocycles. The second-order valence-corrected chi connectivity index (χ2v) is 9.61. The van der Waals surface area contributed by atoms with Gasteiger partial charge in [-0.15, -0.1) is 0 Å². The number of rotatable bonds is 3. The van der Waals surface area contributed by atoms with Crippen molar-refractivity contribution in [3.63, 3.8) is 0 Å². The first-order valence-electron chi connectivity index (χ1n) is 11.4. The summed E-state index contributed by atoms with van der Waals surface area (Å²) in [4.78, 5) is 28.0. The average molecular weight is 419 g/mol. The van der Waals surface area contributed by atoms with Crippen LogP contribution in [0.1, 0.15) is 49.1 Å². The van der Waals surface area contributed by atoms with Crippen LogP contribution in [0.5, 0.6) is 0 Å². The van der Waals surface area contributed by atoms with Crippen molar-refractivity contribution in [3.8, 4) is 0 Å². The van der Waals surface area contributed by atoms with Gasteiger partial charge in [-0.2, -0.15) is 0 Å². The second kappa shape index (κ2) is 7.79. The molecule has 0 radical (unpaired) electrons. The third-order valence-electron chi connectivity index (χ3n) is 7.91. The van der Waals surface area contributed by atoms with Crippen LogP contribution in [-0.4, -0.2) is 47.6 Å². The molecular weight excluding hydrogens is 388 g/mol. The molecule has 1 saturated carbocycles. The minimum atomic E-state index is -0.603. The molecule has 0 unspecified atom stereocenters. The number of likely N-dealkylation sites (tertiary alicyclic amines) is 1. The van der Waals surface area contributed by atoms with E-state index in [9.17, 15) is 14.7 Å². The molecular formula is C26H30N2O3. The Bertz CT molecular complexity index is 945. The summed E-state index contributed by atoms with van der Waals surface area (Å²) in [6, 6.07) is 20.3. The van der Waals surface area contributed by atoms with Gasteiger partial charge in [0.2, 0.25) is 11.8 Å². The van der Waals surface area contributed by atoms with Gasteiger partial charge in [-0.3, -0.25) is 9.59 Å². The molecule has 0 bridgehead atoms. The number of aliphatic hydroxyl groups excluding tert-OH is 1. The van der Waals surface area contributed by atoms with E-state index in [1.807, 2.05) is 41.3 Å². The van der Waals surface area contributed by atoms with Crippen molar-refractivity contribution in [2.45, 2.75) is 49.5 Å². The molecule has 3 fully saturated rings. The number of aliphatic hydroxyl groups is 1. The minimum absolute atomic E-state index is 0.0977. The van der Waals surface area contributed by atoms with Crippen LogP contribution in [-0.2, 0) is 15.0 Å². The summed E-state index contributed by atoms with van der Waals surface area (Å²) >= 11 is 0. The van der Waals surface area contributed by atoms with E-state index in [1.54, 1.807) is 0 Å². The number of piperidine rings is 2. The van der Waals surface area contributed by atoms with Gasteiger partial charge in [-0.05, 0) is 42.2 Å². The van der Waals surface area contributed by atoms with Crippen LogP contribution in [0.4, 0.5) is 0 Å². The molecule has 5 nitrogen and oxygen atoms in total. The molecule has 5 rings (SSSR count). The minimum Gasteiger partial charge on any atom is -0.393 e. The molecule has 2 heterocycles. The van der Waals surface area contributed by atoms with Gasteiger partial charge in [0.25, 0.3) is 0 Å².